The van der Waals surface area contributed by atoms with Gasteiger partial charge in [0.15, 0.2) is 0 Å². The minimum absolute atomic E-state index is 0.0194. The van der Waals surface area contributed by atoms with Crippen LogP contribution in [-0.2, 0) is 0 Å². The summed E-state index contributed by atoms with van der Waals surface area (Å²) in [6.07, 6.45) is 8.49. The summed E-state index contributed by atoms with van der Waals surface area (Å²) in [6, 6.07) is -0.0194. The molecule has 0 heterocycles. The van der Waals surface area contributed by atoms with Gasteiger partial charge in [0.25, 0.3) is 0 Å². The van der Waals surface area contributed by atoms with Crippen LogP contribution in [0.5, 0.6) is 0 Å². The molecule has 0 aromatic heterocycles. The third kappa shape index (κ3) is 3.01. The molecule has 0 radical (unpaired) electrons. The number of nitrogens with two attached hydrogens (primary N) is 1. The van der Waals surface area contributed by atoms with Crippen molar-refractivity contribution in [1.29, 1.82) is 5.41 Å². The molecule has 21 heavy (non-hydrogen) atoms. The number of hydrogen-bond acceptors (Lipinski definition) is 2. The molecule has 5 heteroatoms. The first-order chi connectivity index (χ1) is 9.99. The fraction of sp³-hybridized carbons (Fsp3) is 0.875. The van der Waals surface area contributed by atoms with Crippen molar-refractivity contribution >= 4 is 11.9 Å². The number of urea groups is 1. The summed E-state index contributed by atoms with van der Waals surface area (Å²) in [7, 11) is 0. The van der Waals surface area contributed by atoms with Crippen molar-refractivity contribution in [3.8, 4) is 0 Å². The summed E-state index contributed by atoms with van der Waals surface area (Å²) in [5.41, 5.74) is 5.52. The first-order valence-corrected chi connectivity index (χ1v) is 8.39. The number of nitrogens with one attached hydrogen (secondary N) is 2. The van der Waals surface area contributed by atoms with Crippen LogP contribution in [0.3, 0.4) is 0 Å². The van der Waals surface area contributed by atoms with E-state index >= 15 is 0 Å². The number of amidine groups is 1. The van der Waals surface area contributed by atoms with Gasteiger partial charge in [-0.25, -0.2) is 4.79 Å². The Morgan fingerprint density at radius 2 is 1.76 bits per heavy atom. The molecule has 0 saturated heterocycles. The van der Waals surface area contributed by atoms with Gasteiger partial charge in [-0.05, 0) is 62.7 Å². The maximum atomic E-state index is 12.6. The Bertz CT molecular complexity index is 399. The lowest BCUT2D eigenvalue weighted by Crippen LogP contribution is -2.62. The van der Waals surface area contributed by atoms with Crippen LogP contribution >= 0.6 is 0 Å². The summed E-state index contributed by atoms with van der Waals surface area (Å²) < 4.78 is 0. The number of nitrogens with zero attached hydrogens (tertiary/aromatic N) is 1. The Balaban J connectivity index is 1.67. The topological polar surface area (TPSA) is 82.2 Å². The molecular formula is C16H28N4O. The lowest BCUT2D eigenvalue weighted by molar-refractivity contribution is -0.0154. The molecular weight excluding hydrogens is 264 g/mol. The van der Waals surface area contributed by atoms with Crippen molar-refractivity contribution in [1.82, 2.24) is 10.2 Å². The standard InChI is InChI=1S/C16H28N4O/c1-2-3-20(10-14(17)18)15(21)19-16-7-11-4-12(8-16)6-13(5-11)9-16/h11-13H,2-10H2,1H3,(H3,17,18)(H,19,21). The summed E-state index contributed by atoms with van der Waals surface area (Å²) in [4.78, 5) is 14.3. The minimum Gasteiger partial charge on any atom is -0.386 e. The van der Waals surface area contributed by atoms with Crippen molar-refractivity contribution in [2.75, 3.05) is 13.1 Å². The maximum absolute atomic E-state index is 12.6. The molecule has 0 aromatic carbocycles. The average Bonchev–Trinajstić information content (AvgIpc) is 2.35. The highest BCUT2D eigenvalue weighted by molar-refractivity contribution is 5.84. The van der Waals surface area contributed by atoms with Gasteiger partial charge in [0.05, 0.1) is 6.54 Å². The van der Waals surface area contributed by atoms with Gasteiger partial charge in [-0.1, -0.05) is 6.92 Å². The summed E-state index contributed by atoms with van der Waals surface area (Å²) in [5, 5.41) is 10.8. The van der Waals surface area contributed by atoms with Crippen molar-refractivity contribution in [2.24, 2.45) is 23.5 Å². The van der Waals surface area contributed by atoms with Gasteiger partial charge >= 0.3 is 6.03 Å². The van der Waals surface area contributed by atoms with Crippen LogP contribution in [0.4, 0.5) is 4.79 Å². The summed E-state index contributed by atoms with van der Waals surface area (Å²) in [6.45, 7) is 2.95. The highest BCUT2D eigenvalue weighted by Crippen LogP contribution is 2.55. The largest absolute Gasteiger partial charge is 0.386 e. The number of rotatable bonds is 5. The second kappa shape index (κ2) is 5.50. The van der Waals surface area contributed by atoms with E-state index in [1.54, 1.807) is 4.90 Å². The van der Waals surface area contributed by atoms with Gasteiger partial charge in [-0.3, -0.25) is 5.41 Å². The quantitative estimate of drug-likeness (QED) is 0.537. The molecule has 4 N–H and O–H groups in total. The highest BCUT2D eigenvalue weighted by atomic mass is 16.2. The predicted molar refractivity (Wildman–Crippen MR) is 83.2 cm³/mol. The molecule has 4 aliphatic rings. The predicted octanol–water partition coefficient (Wildman–Crippen LogP) is 2.31. The third-order valence-electron chi connectivity index (χ3n) is 5.55. The summed E-state index contributed by atoms with van der Waals surface area (Å²) in [5.74, 6) is 2.53. The van der Waals surface area contributed by atoms with Crippen LogP contribution in [0.25, 0.3) is 0 Å². The smallest absolute Gasteiger partial charge is 0.318 e. The van der Waals surface area contributed by atoms with E-state index < -0.39 is 0 Å². The van der Waals surface area contributed by atoms with Crippen LogP contribution in [0.15, 0.2) is 0 Å². The van der Waals surface area contributed by atoms with Crippen LogP contribution < -0.4 is 11.1 Å². The van der Waals surface area contributed by atoms with Gasteiger partial charge in [-0.2, -0.15) is 0 Å². The Morgan fingerprint density at radius 3 is 2.19 bits per heavy atom. The fourth-order valence-corrected chi connectivity index (χ4v) is 5.30. The molecule has 0 aliphatic heterocycles. The van der Waals surface area contributed by atoms with E-state index in [1.807, 2.05) is 6.92 Å². The van der Waals surface area contributed by atoms with E-state index in [0.29, 0.717) is 6.54 Å². The van der Waals surface area contributed by atoms with E-state index in [2.05, 4.69) is 5.32 Å². The van der Waals surface area contributed by atoms with Crippen molar-refractivity contribution < 1.29 is 4.79 Å². The van der Waals surface area contributed by atoms with Crippen LogP contribution in [0.2, 0.25) is 0 Å². The molecule has 4 rings (SSSR count). The SMILES string of the molecule is CCCN(CC(=N)N)C(=O)NC12CC3CC(CC(C3)C1)C2. The molecule has 0 aromatic rings. The lowest BCUT2D eigenvalue weighted by atomic mass is 9.53. The zero-order chi connectivity index (χ0) is 15.0. The number of hydrogen-bond donors (Lipinski definition) is 3. The first kappa shape index (κ1) is 14.7. The van der Waals surface area contributed by atoms with E-state index in [1.165, 1.54) is 19.3 Å². The highest BCUT2D eigenvalue weighted by Gasteiger charge is 2.51. The van der Waals surface area contributed by atoms with Crippen molar-refractivity contribution in [3.05, 3.63) is 0 Å². The number of carbonyl (C=O) groups excluding carboxylic acids is 1. The van der Waals surface area contributed by atoms with Gasteiger partial charge in [-0.15, -0.1) is 0 Å². The number of amides is 2. The normalized spacial score (nSPS) is 36.5. The molecule has 4 aliphatic carbocycles. The maximum Gasteiger partial charge on any atom is 0.318 e. The molecule has 0 unspecified atom stereocenters. The van der Waals surface area contributed by atoms with Crippen LogP contribution in [-0.4, -0.2) is 35.4 Å². The molecule has 118 valence electrons. The minimum atomic E-state index is -0.0194. The average molecular weight is 292 g/mol. The van der Waals surface area contributed by atoms with Crippen LogP contribution in [0, 0.1) is 23.2 Å². The molecule has 4 fully saturated rings. The van der Waals surface area contributed by atoms with E-state index in [0.717, 1.165) is 43.4 Å². The van der Waals surface area contributed by atoms with Gasteiger partial charge in [0, 0.05) is 12.1 Å². The Kier molecular flexibility index (Phi) is 3.84. The Morgan fingerprint density at radius 1 is 1.24 bits per heavy atom. The molecule has 5 nitrogen and oxygen atoms in total. The van der Waals surface area contributed by atoms with Gasteiger partial charge < -0.3 is 16.0 Å². The van der Waals surface area contributed by atoms with E-state index in [-0.39, 0.29) is 24.0 Å². The fourth-order valence-electron chi connectivity index (χ4n) is 5.30. The second-order valence-electron chi connectivity index (χ2n) is 7.57. The zero-order valence-corrected chi connectivity index (χ0v) is 13.0. The molecule has 0 spiro atoms. The molecule has 0 atom stereocenters. The molecule has 4 saturated carbocycles. The monoisotopic (exact) mass is 292 g/mol. The van der Waals surface area contributed by atoms with E-state index in [9.17, 15) is 4.79 Å². The van der Waals surface area contributed by atoms with Gasteiger partial charge in [0.2, 0.25) is 0 Å². The van der Waals surface area contributed by atoms with E-state index in [4.69, 9.17) is 11.1 Å². The van der Waals surface area contributed by atoms with Crippen LogP contribution in [0.1, 0.15) is 51.9 Å². The van der Waals surface area contributed by atoms with Crippen molar-refractivity contribution in [3.63, 3.8) is 0 Å². The zero-order valence-electron chi connectivity index (χ0n) is 13.0. The Labute approximate surface area is 127 Å². The summed E-state index contributed by atoms with van der Waals surface area (Å²) >= 11 is 0. The lowest BCUT2D eigenvalue weighted by Gasteiger charge is -2.57. The third-order valence-corrected chi connectivity index (χ3v) is 5.55. The van der Waals surface area contributed by atoms with Gasteiger partial charge in [0.1, 0.15) is 5.84 Å². The second-order valence-corrected chi connectivity index (χ2v) is 7.57. The van der Waals surface area contributed by atoms with Crippen molar-refractivity contribution in [2.45, 2.75) is 57.4 Å². The Hall–Kier alpha value is -1.26. The first-order valence-electron chi connectivity index (χ1n) is 8.39. The molecule has 2 amide bonds. The number of carbonyl (C=O) groups is 1. The molecule has 4 bridgehead atoms.